The first-order valence-corrected chi connectivity index (χ1v) is 9.70. The second-order valence-corrected chi connectivity index (χ2v) is 7.58. The maximum Gasteiger partial charge on any atom is 0.244 e. The molecular weight excluding hydrogens is 368 g/mol. The van der Waals surface area contributed by atoms with Gasteiger partial charge in [-0.15, -0.1) is 0 Å². The molecule has 0 saturated carbocycles. The lowest BCUT2D eigenvalue weighted by Gasteiger charge is -2.21. The maximum absolute atomic E-state index is 10.3. The van der Waals surface area contributed by atoms with Crippen LogP contribution in [0.1, 0.15) is 23.9 Å². The summed E-state index contributed by atoms with van der Waals surface area (Å²) in [5.74, 6) is 1.86. The monoisotopic (exact) mass is 394 g/mol. The lowest BCUT2D eigenvalue weighted by Crippen LogP contribution is -2.24. The summed E-state index contributed by atoms with van der Waals surface area (Å²) in [5, 5.41) is 14.4. The van der Waals surface area contributed by atoms with Crippen molar-refractivity contribution in [3.63, 3.8) is 0 Å². The third-order valence-electron chi connectivity index (χ3n) is 5.29. The van der Waals surface area contributed by atoms with Gasteiger partial charge in [0.2, 0.25) is 11.7 Å². The molecule has 0 amide bonds. The number of ether oxygens (including phenoxy) is 1. The first-order valence-electron chi connectivity index (χ1n) is 9.70. The van der Waals surface area contributed by atoms with E-state index in [9.17, 15) is 5.11 Å². The van der Waals surface area contributed by atoms with Crippen LogP contribution < -0.4 is 9.64 Å². The van der Waals surface area contributed by atoms with E-state index >= 15 is 0 Å². The predicted molar refractivity (Wildman–Crippen MR) is 111 cm³/mol. The van der Waals surface area contributed by atoms with Crippen LogP contribution >= 0.6 is 0 Å². The second-order valence-electron chi connectivity index (χ2n) is 7.58. The normalized spacial score (nSPS) is 19.4. The topological polar surface area (TPSA) is 74.9 Å². The van der Waals surface area contributed by atoms with Crippen LogP contribution in [-0.2, 0) is 6.54 Å². The van der Waals surface area contributed by atoms with Crippen LogP contribution in [0.15, 0.2) is 53.1 Å². The van der Waals surface area contributed by atoms with E-state index < -0.39 is 6.10 Å². The molecule has 0 aliphatic carbocycles. The average molecular weight is 394 g/mol. The Labute approximate surface area is 170 Å². The van der Waals surface area contributed by atoms with Gasteiger partial charge in [-0.25, -0.2) is 0 Å². The van der Waals surface area contributed by atoms with Gasteiger partial charge in [-0.2, -0.15) is 4.98 Å². The van der Waals surface area contributed by atoms with Gasteiger partial charge in [0, 0.05) is 38.4 Å². The summed E-state index contributed by atoms with van der Waals surface area (Å²) < 4.78 is 10.8. The van der Waals surface area contributed by atoms with Crippen LogP contribution in [0.5, 0.6) is 5.75 Å². The van der Waals surface area contributed by atoms with Crippen molar-refractivity contribution in [2.75, 3.05) is 32.6 Å². The van der Waals surface area contributed by atoms with E-state index in [1.54, 1.807) is 7.11 Å². The van der Waals surface area contributed by atoms with E-state index in [0.717, 1.165) is 23.5 Å². The molecule has 4 rings (SSSR count). The molecule has 1 saturated heterocycles. The summed E-state index contributed by atoms with van der Waals surface area (Å²) in [6.07, 6.45) is 0.178. The lowest BCUT2D eigenvalue weighted by atomic mass is 10.1. The van der Waals surface area contributed by atoms with Crippen molar-refractivity contribution in [2.45, 2.75) is 25.1 Å². The largest absolute Gasteiger partial charge is 0.497 e. The number of methoxy groups -OCH3 is 1. The molecule has 3 aromatic rings. The van der Waals surface area contributed by atoms with Gasteiger partial charge < -0.3 is 19.3 Å². The highest BCUT2D eigenvalue weighted by atomic mass is 16.5. The second kappa shape index (κ2) is 8.23. The molecule has 1 aromatic heterocycles. The van der Waals surface area contributed by atoms with Crippen molar-refractivity contribution in [1.82, 2.24) is 15.0 Å². The third kappa shape index (κ3) is 4.26. The first kappa shape index (κ1) is 19.4. The van der Waals surface area contributed by atoms with Gasteiger partial charge in [-0.1, -0.05) is 17.3 Å². The molecule has 1 aliphatic heterocycles. The Morgan fingerprint density at radius 3 is 2.52 bits per heavy atom. The molecule has 2 atom stereocenters. The fourth-order valence-electron chi connectivity index (χ4n) is 3.67. The summed E-state index contributed by atoms with van der Waals surface area (Å²) in [6, 6.07) is 15.9. The van der Waals surface area contributed by atoms with Crippen molar-refractivity contribution < 1.29 is 14.4 Å². The van der Waals surface area contributed by atoms with E-state index in [4.69, 9.17) is 9.26 Å². The number of likely N-dealkylation sites (tertiary alicyclic amines) is 1. The molecule has 0 unspecified atom stereocenters. The Morgan fingerprint density at radius 1 is 1.14 bits per heavy atom. The summed E-state index contributed by atoms with van der Waals surface area (Å²) in [4.78, 5) is 8.87. The number of anilines is 1. The van der Waals surface area contributed by atoms with Crippen LogP contribution in [0, 0.1) is 0 Å². The van der Waals surface area contributed by atoms with Crippen molar-refractivity contribution >= 4 is 5.69 Å². The third-order valence-corrected chi connectivity index (χ3v) is 5.29. The zero-order valence-electron chi connectivity index (χ0n) is 16.9. The Balaban J connectivity index is 1.51. The quantitative estimate of drug-likeness (QED) is 0.688. The number of rotatable bonds is 6. The van der Waals surface area contributed by atoms with Crippen molar-refractivity contribution in [1.29, 1.82) is 0 Å². The van der Waals surface area contributed by atoms with Gasteiger partial charge in [0.05, 0.1) is 19.3 Å². The summed E-state index contributed by atoms with van der Waals surface area (Å²) in [7, 11) is 5.69. The number of nitrogens with zero attached hydrogens (tertiary/aromatic N) is 4. The predicted octanol–water partition coefficient (Wildman–Crippen LogP) is 3.12. The number of benzene rings is 2. The molecule has 0 spiro atoms. The summed E-state index contributed by atoms with van der Waals surface area (Å²) in [5.41, 5.74) is 3.21. The highest BCUT2D eigenvalue weighted by Crippen LogP contribution is 2.34. The van der Waals surface area contributed by atoms with E-state index in [1.165, 1.54) is 5.56 Å². The molecule has 0 bridgehead atoms. The smallest absolute Gasteiger partial charge is 0.244 e. The highest BCUT2D eigenvalue weighted by molar-refractivity contribution is 5.55. The average Bonchev–Trinajstić information content (AvgIpc) is 3.35. The minimum Gasteiger partial charge on any atom is -0.497 e. The van der Waals surface area contributed by atoms with Crippen LogP contribution in [0.2, 0.25) is 0 Å². The molecule has 0 radical (unpaired) electrons. The number of aliphatic hydroxyl groups excluding tert-OH is 1. The Bertz CT molecular complexity index is 937. The van der Waals surface area contributed by atoms with Gasteiger partial charge in [-0.05, 0) is 48.4 Å². The molecule has 7 nitrogen and oxygen atoms in total. The fraction of sp³-hybridized carbons (Fsp3) is 0.364. The highest BCUT2D eigenvalue weighted by Gasteiger charge is 2.35. The lowest BCUT2D eigenvalue weighted by molar-refractivity contribution is 0.169. The molecule has 7 heteroatoms. The maximum atomic E-state index is 10.3. The van der Waals surface area contributed by atoms with Crippen LogP contribution in [0.4, 0.5) is 5.69 Å². The Morgan fingerprint density at radius 2 is 1.86 bits per heavy atom. The van der Waals surface area contributed by atoms with Gasteiger partial charge in [0.1, 0.15) is 5.75 Å². The number of hydrogen-bond acceptors (Lipinski definition) is 7. The van der Waals surface area contributed by atoms with E-state index in [0.29, 0.717) is 24.7 Å². The van der Waals surface area contributed by atoms with Gasteiger partial charge >= 0.3 is 0 Å². The molecule has 152 valence electrons. The summed E-state index contributed by atoms with van der Waals surface area (Å²) in [6.45, 7) is 1.30. The standard InChI is InChI=1S/C22H26N4O3/c1-25(2)17-8-4-15(5-9-17)13-26-14-18(27)12-20(26)22-23-21(24-29-22)16-6-10-19(28-3)11-7-16/h4-11,18,20,27H,12-14H2,1-3H3/t18-,20+/m1/s1. The van der Waals surface area contributed by atoms with Crippen molar-refractivity contribution in [3.8, 4) is 17.1 Å². The van der Waals surface area contributed by atoms with Crippen LogP contribution in [0.3, 0.4) is 0 Å². The Hall–Kier alpha value is -2.90. The van der Waals surface area contributed by atoms with E-state index in [-0.39, 0.29) is 6.04 Å². The zero-order chi connectivity index (χ0) is 20.4. The van der Waals surface area contributed by atoms with Gasteiger partial charge in [-0.3, -0.25) is 4.90 Å². The van der Waals surface area contributed by atoms with E-state index in [2.05, 4.69) is 44.2 Å². The van der Waals surface area contributed by atoms with Crippen molar-refractivity contribution in [2.24, 2.45) is 0 Å². The minimum absolute atomic E-state index is 0.0991. The molecule has 29 heavy (non-hydrogen) atoms. The van der Waals surface area contributed by atoms with Crippen molar-refractivity contribution in [3.05, 3.63) is 60.0 Å². The number of aromatic nitrogens is 2. The van der Waals surface area contributed by atoms with Gasteiger partial charge in [0.15, 0.2) is 0 Å². The molecule has 2 heterocycles. The molecule has 1 N–H and O–H groups in total. The van der Waals surface area contributed by atoms with Crippen LogP contribution in [0.25, 0.3) is 11.4 Å². The number of aliphatic hydroxyl groups is 1. The minimum atomic E-state index is -0.405. The number of hydrogen-bond donors (Lipinski definition) is 1. The molecule has 1 fully saturated rings. The first-order chi connectivity index (χ1) is 14.0. The molecule has 1 aliphatic rings. The zero-order valence-corrected chi connectivity index (χ0v) is 16.9. The molecular formula is C22H26N4O3. The fourth-order valence-corrected chi connectivity index (χ4v) is 3.67. The van der Waals surface area contributed by atoms with E-state index in [1.807, 2.05) is 38.4 Å². The molecule has 2 aromatic carbocycles. The van der Waals surface area contributed by atoms with Gasteiger partial charge in [0.25, 0.3) is 0 Å². The number of β-amino-alcohol motifs (C(OH)–C–C–N with tert-alkyl or cyclic N) is 1. The van der Waals surface area contributed by atoms with Crippen LogP contribution in [-0.4, -0.2) is 54.0 Å². The SMILES string of the molecule is COc1ccc(-c2noc([C@@H]3C[C@@H](O)CN3Cc3ccc(N(C)C)cc3)n2)cc1. The summed E-state index contributed by atoms with van der Waals surface area (Å²) >= 11 is 0. The Kier molecular flexibility index (Phi) is 5.51.